The number of methoxy groups -OCH3 is 1. The summed E-state index contributed by atoms with van der Waals surface area (Å²) in [5, 5.41) is 6.64. The second-order valence-electron chi connectivity index (χ2n) is 5.34. The van der Waals surface area contributed by atoms with Crippen molar-refractivity contribution in [3.8, 4) is 5.75 Å². The molecule has 24 heavy (non-hydrogen) atoms. The maximum Gasteiger partial charge on any atom is 0.342 e. The fourth-order valence-corrected chi connectivity index (χ4v) is 2.07. The van der Waals surface area contributed by atoms with Crippen molar-refractivity contribution in [2.45, 2.75) is 19.4 Å². The van der Waals surface area contributed by atoms with Crippen molar-refractivity contribution in [1.82, 2.24) is 15.1 Å². The molecule has 1 unspecified atom stereocenters. The van der Waals surface area contributed by atoms with Crippen LogP contribution >= 0.6 is 0 Å². The van der Waals surface area contributed by atoms with Crippen molar-refractivity contribution in [3.05, 3.63) is 47.8 Å². The zero-order chi connectivity index (χ0) is 17.5. The van der Waals surface area contributed by atoms with E-state index in [4.69, 9.17) is 9.47 Å². The molecule has 2 rings (SSSR count). The molecule has 1 amide bonds. The molecule has 1 aromatic heterocycles. The first-order valence-corrected chi connectivity index (χ1v) is 7.60. The Morgan fingerprint density at radius 1 is 1.29 bits per heavy atom. The van der Waals surface area contributed by atoms with Gasteiger partial charge in [-0.2, -0.15) is 5.10 Å². The number of carbonyl (C=O) groups is 2. The molecule has 0 saturated carbocycles. The van der Waals surface area contributed by atoms with E-state index in [-0.39, 0.29) is 5.91 Å². The van der Waals surface area contributed by atoms with E-state index < -0.39 is 12.1 Å². The molecule has 0 radical (unpaired) electrons. The third-order valence-corrected chi connectivity index (χ3v) is 3.47. The van der Waals surface area contributed by atoms with E-state index in [9.17, 15) is 9.59 Å². The van der Waals surface area contributed by atoms with Crippen molar-refractivity contribution < 1.29 is 19.1 Å². The maximum atomic E-state index is 12.0. The van der Waals surface area contributed by atoms with Crippen molar-refractivity contribution in [2.24, 2.45) is 7.05 Å². The first-order valence-electron chi connectivity index (χ1n) is 7.60. The number of amides is 1. The van der Waals surface area contributed by atoms with E-state index in [1.807, 2.05) is 24.3 Å². The Hall–Kier alpha value is -2.83. The van der Waals surface area contributed by atoms with Crippen molar-refractivity contribution in [3.63, 3.8) is 0 Å². The molecule has 0 aliphatic rings. The standard InChI is InChI=1S/C17H21N3O4/c1-12(24-17(22)14-10-19-20(2)11-14)16(21)18-9-8-13-4-6-15(23-3)7-5-13/h4-7,10-12H,8-9H2,1-3H3,(H,18,21). The molecule has 1 N–H and O–H groups in total. The average Bonchev–Trinajstić information content (AvgIpc) is 3.02. The van der Waals surface area contributed by atoms with Gasteiger partial charge in [-0.15, -0.1) is 0 Å². The van der Waals surface area contributed by atoms with E-state index in [1.54, 1.807) is 14.2 Å². The largest absolute Gasteiger partial charge is 0.497 e. The fraction of sp³-hybridized carbons (Fsp3) is 0.353. The number of rotatable bonds is 7. The Morgan fingerprint density at radius 3 is 2.58 bits per heavy atom. The SMILES string of the molecule is COc1ccc(CCNC(=O)C(C)OC(=O)c2cnn(C)c2)cc1. The van der Waals surface area contributed by atoms with E-state index in [0.717, 1.165) is 11.3 Å². The van der Waals surface area contributed by atoms with Gasteiger partial charge in [0.2, 0.25) is 0 Å². The summed E-state index contributed by atoms with van der Waals surface area (Å²) in [6.07, 6.45) is 2.75. The molecule has 0 spiro atoms. The van der Waals surface area contributed by atoms with Gasteiger partial charge in [0.1, 0.15) is 5.75 Å². The van der Waals surface area contributed by atoms with Crippen LogP contribution in [0.5, 0.6) is 5.75 Å². The van der Waals surface area contributed by atoms with Crippen LogP contribution in [0.15, 0.2) is 36.7 Å². The van der Waals surface area contributed by atoms with Crippen LogP contribution in [0.1, 0.15) is 22.8 Å². The zero-order valence-electron chi connectivity index (χ0n) is 14.0. The summed E-state index contributed by atoms with van der Waals surface area (Å²) in [5.41, 5.74) is 1.39. The quantitative estimate of drug-likeness (QED) is 0.774. The number of nitrogens with one attached hydrogen (secondary N) is 1. The van der Waals surface area contributed by atoms with Gasteiger partial charge < -0.3 is 14.8 Å². The van der Waals surface area contributed by atoms with E-state index in [2.05, 4.69) is 10.4 Å². The topological polar surface area (TPSA) is 82.4 Å². The molecule has 128 valence electrons. The number of hydrogen-bond acceptors (Lipinski definition) is 5. The van der Waals surface area contributed by atoms with Crippen LogP contribution in [0.4, 0.5) is 0 Å². The third kappa shape index (κ3) is 4.84. The highest BCUT2D eigenvalue weighted by Gasteiger charge is 2.19. The number of ether oxygens (including phenoxy) is 2. The van der Waals surface area contributed by atoms with Crippen LogP contribution in [0.3, 0.4) is 0 Å². The molecule has 1 atom stereocenters. The van der Waals surface area contributed by atoms with Crippen LogP contribution in [0, 0.1) is 0 Å². The molecule has 0 aliphatic carbocycles. The van der Waals surface area contributed by atoms with Gasteiger partial charge in [0.25, 0.3) is 5.91 Å². The number of carbonyl (C=O) groups excluding carboxylic acids is 2. The Morgan fingerprint density at radius 2 is 2.00 bits per heavy atom. The summed E-state index contributed by atoms with van der Waals surface area (Å²) in [5.74, 6) is -0.111. The van der Waals surface area contributed by atoms with Gasteiger partial charge in [-0.25, -0.2) is 4.79 Å². The third-order valence-electron chi connectivity index (χ3n) is 3.47. The zero-order valence-corrected chi connectivity index (χ0v) is 14.0. The number of aryl methyl sites for hydroxylation is 1. The molecule has 7 heteroatoms. The number of esters is 1. The van der Waals surface area contributed by atoms with Gasteiger partial charge in [-0.3, -0.25) is 9.48 Å². The maximum absolute atomic E-state index is 12.0. The van der Waals surface area contributed by atoms with Crippen LogP contribution < -0.4 is 10.1 Å². The highest BCUT2D eigenvalue weighted by Crippen LogP contribution is 2.11. The fourth-order valence-electron chi connectivity index (χ4n) is 2.07. The molecular formula is C17H21N3O4. The Kier molecular flexibility index (Phi) is 5.95. The summed E-state index contributed by atoms with van der Waals surface area (Å²) in [6.45, 7) is 2.00. The first-order chi connectivity index (χ1) is 11.5. The predicted octanol–water partition coefficient (Wildman–Crippen LogP) is 1.33. The van der Waals surface area contributed by atoms with E-state index in [0.29, 0.717) is 18.5 Å². The molecular weight excluding hydrogens is 310 g/mol. The Labute approximate surface area is 140 Å². The Balaban J connectivity index is 1.75. The van der Waals surface area contributed by atoms with Crippen molar-refractivity contribution >= 4 is 11.9 Å². The minimum atomic E-state index is -0.867. The average molecular weight is 331 g/mol. The highest BCUT2D eigenvalue weighted by atomic mass is 16.5. The Bertz CT molecular complexity index is 694. The molecule has 0 fully saturated rings. The summed E-state index contributed by atoms with van der Waals surface area (Å²) >= 11 is 0. The lowest BCUT2D eigenvalue weighted by Gasteiger charge is -2.13. The summed E-state index contributed by atoms with van der Waals surface area (Å²) in [6, 6.07) is 7.62. The molecule has 2 aromatic rings. The van der Waals surface area contributed by atoms with Crippen LogP contribution in [-0.4, -0.2) is 41.4 Å². The van der Waals surface area contributed by atoms with Crippen LogP contribution in [0.2, 0.25) is 0 Å². The minimum absolute atomic E-state index is 0.315. The smallest absolute Gasteiger partial charge is 0.342 e. The number of aromatic nitrogens is 2. The van der Waals surface area contributed by atoms with Gasteiger partial charge in [0.05, 0.1) is 18.9 Å². The summed E-state index contributed by atoms with van der Waals surface area (Å²) < 4.78 is 11.7. The lowest BCUT2D eigenvalue weighted by molar-refractivity contribution is -0.129. The number of nitrogens with zero attached hydrogens (tertiary/aromatic N) is 2. The molecule has 0 saturated heterocycles. The predicted molar refractivity (Wildman–Crippen MR) is 87.8 cm³/mol. The number of hydrogen-bond donors (Lipinski definition) is 1. The van der Waals surface area contributed by atoms with Gasteiger partial charge >= 0.3 is 5.97 Å². The van der Waals surface area contributed by atoms with Crippen LogP contribution in [0.25, 0.3) is 0 Å². The lowest BCUT2D eigenvalue weighted by Crippen LogP contribution is -2.36. The highest BCUT2D eigenvalue weighted by molar-refractivity contribution is 5.91. The monoisotopic (exact) mass is 331 g/mol. The molecule has 1 aromatic carbocycles. The summed E-state index contributed by atoms with van der Waals surface area (Å²) in [7, 11) is 3.31. The lowest BCUT2D eigenvalue weighted by atomic mass is 10.1. The summed E-state index contributed by atoms with van der Waals surface area (Å²) in [4.78, 5) is 23.8. The molecule has 0 aliphatic heterocycles. The van der Waals surface area contributed by atoms with Crippen molar-refractivity contribution in [1.29, 1.82) is 0 Å². The second-order valence-corrected chi connectivity index (χ2v) is 5.34. The van der Waals surface area contributed by atoms with Gasteiger partial charge in [-0.05, 0) is 31.0 Å². The molecule has 0 bridgehead atoms. The number of benzene rings is 1. The molecule has 1 heterocycles. The van der Waals surface area contributed by atoms with Gasteiger partial charge in [0.15, 0.2) is 6.10 Å². The normalized spacial score (nSPS) is 11.6. The van der Waals surface area contributed by atoms with E-state index in [1.165, 1.54) is 24.0 Å². The van der Waals surface area contributed by atoms with Crippen LogP contribution in [-0.2, 0) is 23.0 Å². The molecule has 7 nitrogen and oxygen atoms in total. The second kappa shape index (κ2) is 8.14. The first kappa shape index (κ1) is 17.5. The van der Waals surface area contributed by atoms with Gasteiger partial charge in [-0.1, -0.05) is 12.1 Å². The minimum Gasteiger partial charge on any atom is -0.497 e. The van der Waals surface area contributed by atoms with E-state index >= 15 is 0 Å². The van der Waals surface area contributed by atoms with Gasteiger partial charge in [0, 0.05) is 19.8 Å². The van der Waals surface area contributed by atoms with Crippen molar-refractivity contribution in [2.75, 3.05) is 13.7 Å².